The van der Waals surface area contributed by atoms with Crippen molar-refractivity contribution in [3.8, 4) is 0 Å². The van der Waals surface area contributed by atoms with Gasteiger partial charge in [0.1, 0.15) is 0 Å². The van der Waals surface area contributed by atoms with Crippen LogP contribution in [0.2, 0.25) is 0 Å². The van der Waals surface area contributed by atoms with E-state index in [9.17, 15) is 4.79 Å². The van der Waals surface area contributed by atoms with Crippen LogP contribution in [0.15, 0.2) is 0 Å². The molecule has 0 bridgehead atoms. The van der Waals surface area contributed by atoms with E-state index in [2.05, 4.69) is 18.7 Å². The number of hydrogen-bond acceptors (Lipinski definition) is 2. The molecular weight excluding hydrogens is 214 g/mol. The fourth-order valence-corrected chi connectivity index (χ4v) is 3.58. The topological polar surface area (TPSA) is 30.7 Å². The van der Waals surface area contributed by atoms with E-state index in [4.69, 9.17) is 11.3 Å². The van der Waals surface area contributed by atoms with Gasteiger partial charge in [0.05, 0.1) is 17.6 Å². The van der Waals surface area contributed by atoms with E-state index in [1.54, 1.807) is 0 Å². The Balaban J connectivity index is 2.38. The molecule has 0 N–H and O–H groups in total. The molecule has 1 aliphatic heterocycles. The quantitative estimate of drug-likeness (QED) is 0.604. The number of rotatable bonds is 0. The molecule has 1 aliphatic carbocycles. The first-order valence-electron chi connectivity index (χ1n) is 6.37. The van der Waals surface area contributed by atoms with Crippen molar-refractivity contribution in [3.63, 3.8) is 0 Å². The van der Waals surface area contributed by atoms with Gasteiger partial charge in [-0.15, -0.1) is 0 Å². The molecule has 2 rings (SSSR count). The second-order valence-electron chi connectivity index (χ2n) is 6.45. The van der Waals surface area contributed by atoms with E-state index < -0.39 is 11.5 Å². The molecule has 3 nitrogen and oxygen atoms in total. The first-order chi connectivity index (χ1) is 7.81. The predicted molar refractivity (Wildman–Crippen MR) is 65.5 cm³/mol. The van der Waals surface area contributed by atoms with E-state index >= 15 is 0 Å². The van der Waals surface area contributed by atoms with Crippen LogP contribution in [0.1, 0.15) is 47.0 Å². The van der Waals surface area contributed by atoms with Gasteiger partial charge in [-0.25, -0.2) is 6.57 Å². The number of hydrogen-bond donors (Lipinski definition) is 0. The lowest BCUT2D eigenvalue weighted by Crippen LogP contribution is -2.60. The Kier molecular flexibility index (Phi) is 2.82. The number of Topliss-reactive ketones (excluding diaryl/α,β-unsaturated/α-hetero) is 1. The average molecular weight is 235 g/mol. The Morgan fingerprint density at radius 2 is 2.06 bits per heavy atom. The maximum absolute atomic E-state index is 12.3. The van der Waals surface area contributed by atoms with E-state index in [-0.39, 0.29) is 23.4 Å². The molecule has 3 heteroatoms. The summed E-state index contributed by atoms with van der Waals surface area (Å²) in [6.07, 6.45) is 2.94. The summed E-state index contributed by atoms with van der Waals surface area (Å²) in [7, 11) is 0. The van der Waals surface area contributed by atoms with Crippen LogP contribution in [0.4, 0.5) is 0 Å². The van der Waals surface area contributed by atoms with E-state index in [0.29, 0.717) is 6.42 Å². The molecule has 0 aromatic heterocycles. The smallest absolute Gasteiger partial charge is 0.282 e. The number of nitrogens with zero attached hydrogens (tertiary/aromatic N) is 1. The molecule has 0 aromatic rings. The van der Waals surface area contributed by atoms with Crippen LogP contribution in [-0.2, 0) is 9.53 Å². The third-order valence-electron chi connectivity index (χ3n) is 4.53. The van der Waals surface area contributed by atoms with Crippen molar-refractivity contribution in [2.75, 3.05) is 0 Å². The van der Waals surface area contributed by atoms with Gasteiger partial charge in [-0.2, -0.15) is 0 Å². The Morgan fingerprint density at radius 1 is 1.41 bits per heavy atom. The van der Waals surface area contributed by atoms with Crippen molar-refractivity contribution in [1.29, 1.82) is 0 Å². The van der Waals surface area contributed by atoms with Gasteiger partial charge in [0.2, 0.25) is 5.78 Å². The number of fused-ring (bicyclic) bond motifs is 1. The summed E-state index contributed by atoms with van der Waals surface area (Å²) in [5, 5.41) is 0. The van der Waals surface area contributed by atoms with E-state index in [1.807, 2.05) is 13.8 Å². The average Bonchev–Trinajstić information content (AvgIpc) is 2.27. The molecule has 0 spiro atoms. The van der Waals surface area contributed by atoms with Gasteiger partial charge < -0.3 is 9.58 Å². The highest BCUT2D eigenvalue weighted by Gasteiger charge is 2.59. The van der Waals surface area contributed by atoms with Crippen molar-refractivity contribution in [1.82, 2.24) is 0 Å². The molecule has 1 saturated carbocycles. The minimum absolute atomic E-state index is 0.0147. The van der Waals surface area contributed by atoms with Gasteiger partial charge in [-0.3, -0.25) is 4.79 Å². The third-order valence-corrected chi connectivity index (χ3v) is 4.53. The maximum atomic E-state index is 12.3. The van der Waals surface area contributed by atoms with Crippen LogP contribution in [0.5, 0.6) is 0 Å². The van der Waals surface area contributed by atoms with Gasteiger partial charge >= 0.3 is 0 Å². The monoisotopic (exact) mass is 235 g/mol. The summed E-state index contributed by atoms with van der Waals surface area (Å²) < 4.78 is 6.05. The zero-order chi connectivity index (χ0) is 12.8. The molecular formula is C14H21NO2. The standard InChI is InChI=1S/C14H21NO2/c1-9-6-7-14(4)8-10(15-5)11(16)13(2,3)12(14)17-9/h9-10,12H,6-8H2,1-4H3/t9-,10?,12-,14-/m0/s1. The number of ketones is 1. The van der Waals surface area contributed by atoms with Gasteiger partial charge in [-0.05, 0) is 19.8 Å². The lowest BCUT2D eigenvalue weighted by Gasteiger charge is -2.53. The molecule has 2 aliphatic rings. The lowest BCUT2D eigenvalue weighted by molar-refractivity contribution is -0.190. The van der Waals surface area contributed by atoms with Crippen molar-refractivity contribution in [3.05, 3.63) is 11.4 Å². The molecule has 2 fully saturated rings. The van der Waals surface area contributed by atoms with E-state index in [0.717, 1.165) is 12.8 Å². The third kappa shape index (κ3) is 1.79. The molecule has 0 radical (unpaired) electrons. The predicted octanol–water partition coefficient (Wildman–Crippen LogP) is 2.85. The zero-order valence-corrected chi connectivity index (χ0v) is 11.1. The highest BCUT2D eigenvalue weighted by molar-refractivity contribution is 5.92. The van der Waals surface area contributed by atoms with Crippen LogP contribution in [0, 0.1) is 17.4 Å². The van der Waals surface area contributed by atoms with Crippen LogP contribution in [0.3, 0.4) is 0 Å². The van der Waals surface area contributed by atoms with Gasteiger partial charge in [0.15, 0.2) is 0 Å². The van der Waals surface area contributed by atoms with Crippen LogP contribution < -0.4 is 0 Å². The Bertz CT molecular complexity index is 382. The molecule has 1 saturated heterocycles. The molecule has 1 unspecified atom stereocenters. The summed E-state index contributed by atoms with van der Waals surface area (Å²) in [5.41, 5.74) is -0.546. The number of ether oxygens (including phenoxy) is 1. The molecule has 17 heavy (non-hydrogen) atoms. The minimum Gasteiger partial charge on any atom is -0.374 e. The van der Waals surface area contributed by atoms with Crippen molar-refractivity contribution in [2.24, 2.45) is 10.8 Å². The maximum Gasteiger partial charge on any atom is 0.282 e. The van der Waals surface area contributed by atoms with Crippen LogP contribution in [0.25, 0.3) is 4.85 Å². The zero-order valence-electron chi connectivity index (χ0n) is 11.1. The Morgan fingerprint density at radius 3 is 2.65 bits per heavy atom. The summed E-state index contributed by atoms with van der Waals surface area (Å²) in [6, 6.07) is -0.469. The lowest BCUT2D eigenvalue weighted by atomic mass is 9.57. The largest absolute Gasteiger partial charge is 0.374 e. The highest BCUT2D eigenvalue weighted by Crippen LogP contribution is 2.52. The molecule has 0 amide bonds. The molecule has 94 valence electrons. The van der Waals surface area contributed by atoms with Gasteiger partial charge in [0.25, 0.3) is 6.04 Å². The number of carbonyl (C=O) groups is 1. The SMILES string of the molecule is [C-]#[N+]C1C[C@]2(C)CC[C@H](C)O[C@H]2C(C)(C)C1=O. The van der Waals surface area contributed by atoms with Crippen molar-refractivity contribution >= 4 is 5.78 Å². The molecule has 0 aromatic carbocycles. The van der Waals surface area contributed by atoms with E-state index in [1.165, 1.54) is 0 Å². The fraction of sp³-hybridized carbons (Fsp3) is 0.857. The molecule has 4 atom stereocenters. The van der Waals surface area contributed by atoms with Crippen molar-refractivity contribution < 1.29 is 9.53 Å². The van der Waals surface area contributed by atoms with Crippen LogP contribution >= 0.6 is 0 Å². The first-order valence-corrected chi connectivity index (χ1v) is 6.37. The minimum atomic E-state index is -0.531. The Labute approximate surface area is 103 Å². The van der Waals surface area contributed by atoms with Crippen LogP contribution in [-0.4, -0.2) is 24.0 Å². The molecule has 1 heterocycles. The fourth-order valence-electron chi connectivity index (χ4n) is 3.58. The summed E-state index contributed by atoms with van der Waals surface area (Å²) in [4.78, 5) is 15.8. The van der Waals surface area contributed by atoms with Gasteiger partial charge in [-0.1, -0.05) is 20.8 Å². The summed E-state index contributed by atoms with van der Waals surface area (Å²) in [5.74, 6) is 0.0593. The second-order valence-corrected chi connectivity index (χ2v) is 6.45. The van der Waals surface area contributed by atoms with Crippen molar-refractivity contribution in [2.45, 2.75) is 65.2 Å². The Hall–Kier alpha value is -0.880. The second kappa shape index (κ2) is 3.81. The summed E-state index contributed by atoms with van der Waals surface area (Å²) >= 11 is 0. The normalized spacial score (nSPS) is 44.9. The summed E-state index contributed by atoms with van der Waals surface area (Å²) in [6.45, 7) is 15.3. The van der Waals surface area contributed by atoms with Gasteiger partial charge in [0, 0.05) is 11.8 Å². The first kappa shape index (κ1) is 12.6. The highest BCUT2D eigenvalue weighted by atomic mass is 16.5. The number of carbonyl (C=O) groups excluding carboxylic acids is 1.